The zero-order valence-electron chi connectivity index (χ0n) is 15.3. The number of aromatic nitrogens is 2. The Morgan fingerprint density at radius 3 is 2.59 bits per heavy atom. The monoisotopic (exact) mass is 360 g/mol. The van der Waals surface area contributed by atoms with E-state index in [1.807, 2.05) is 36.4 Å². The smallest absolute Gasteiger partial charge is 0.255 e. The molecule has 0 atom stereocenters. The van der Waals surface area contributed by atoms with Gasteiger partial charge in [-0.3, -0.25) is 9.78 Å². The molecule has 1 saturated carbocycles. The van der Waals surface area contributed by atoms with Gasteiger partial charge in [-0.1, -0.05) is 43.9 Å². The van der Waals surface area contributed by atoms with E-state index in [0.717, 1.165) is 16.7 Å². The normalized spacial score (nSPS) is 15.3. The molecule has 1 aliphatic carbocycles. The fourth-order valence-corrected chi connectivity index (χ4v) is 3.68. The SMILES string of the molecule is O=C(Nc1cccc2cccnc12)c1ccnc(NC2CCCCCC2)c1. The van der Waals surface area contributed by atoms with Crippen molar-refractivity contribution in [2.24, 2.45) is 0 Å². The number of benzene rings is 1. The summed E-state index contributed by atoms with van der Waals surface area (Å²) in [5.41, 5.74) is 2.10. The molecule has 0 radical (unpaired) electrons. The second-order valence-corrected chi connectivity index (χ2v) is 7.10. The third kappa shape index (κ3) is 4.25. The van der Waals surface area contributed by atoms with Crippen molar-refractivity contribution in [1.82, 2.24) is 9.97 Å². The fraction of sp³-hybridized carbons (Fsp3) is 0.318. The number of rotatable bonds is 4. The van der Waals surface area contributed by atoms with Crippen LogP contribution in [0.4, 0.5) is 11.5 Å². The Hall–Kier alpha value is -2.95. The summed E-state index contributed by atoms with van der Waals surface area (Å²) in [6, 6.07) is 13.7. The van der Waals surface area contributed by atoms with Crippen LogP contribution in [-0.4, -0.2) is 21.9 Å². The molecular weight excluding hydrogens is 336 g/mol. The summed E-state index contributed by atoms with van der Waals surface area (Å²) < 4.78 is 0. The zero-order chi connectivity index (χ0) is 18.5. The van der Waals surface area contributed by atoms with Crippen molar-refractivity contribution >= 4 is 28.3 Å². The van der Waals surface area contributed by atoms with Crippen LogP contribution >= 0.6 is 0 Å². The summed E-state index contributed by atoms with van der Waals surface area (Å²) >= 11 is 0. The number of amides is 1. The zero-order valence-corrected chi connectivity index (χ0v) is 15.3. The van der Waals surface area contributed by atoms with E-state index in [1.54, 1.807) is 18.5 Å². The Kier molecular flexibility index (Phi) is 5.28. The fourth-order valence-electron chi connectivity index (χ4n) is 3.68. The maximum atomic E-state index is 12.8. The Labute approximate surface area is 159 Å². The van der Waals surface area contributed by atoms with Crippen molar-refractivity contribution in [1.29, 1.82) is 0 Å². The van der Waals surface area contributed by atoms with Gasteiger partial charge >= 0.3 is 0 Å². The largest absolute Gasteiger partial charge is 0.367 e. The Morgan fingerprint density at radius 2 is 1.74 bits per heavy atom. The molecule has 1 amide bonds. The molecule has 2 N–H and O–H groups in total. The van der Waals surface area contributed by atoms with Crippen LogP contribution in [0.25, 0.3) is 10.9 Å². The third-order valence-corrected chi connectivity index (χ3v) is 5.11. The van der Waals surface area contributed by atoms with Gasteiger partial charge in [0.25, 0.3) is 5.91 Å². The molecule has 0 unspecified atom stereocenters. The van der Waals surface area contributed by atoms with Crippen molar-refractivity contribution in [2.45, 2.75) is 44.6 Å². The molecule has 4 rings (SSSR count). The maximum absolute atomic E-state index is 12.8. The van der Waals surface area contributed by atoms with Crippen LogP contribution in [0.2, 0.25) is 0 Å². The highest BCUT2D eigenvalue weighted by molar-refractivity contribution is 6.08. The lowest BCUT2D eigenvalue weighted by molar-refractivity contribution is 0.102. The van der Waals surface area contributed by atoms with Crippen LogP contribution in [0.15, 0.2) is 54.9 Å². The van der Waals surface area contributed by atoms with Crippen molar-refractivity contribution in [3.05, 3.63) is 60.4 Å². The number of pyridine rings is 2. The van der Waals surface area contributed by atoms with Crippen molar-refractivity contribution in [2.75, 3.05) is 10.6 Å². The first-order valence-corrected chi connectivity index (χ1v) is 9.67. The minimum absolute atomic E-state index is 0.153. The number of anilines is 2. The third-order valence-electron chi connectivity index (χ3n) is 5.11. The molecule has 0 aliphatic heterocycles. The molecule has 0 bridgehead atoms. The first-order chi connectivity index (χ1) is 13.3. The van der Waals surface area contributed by atoms with E-state index in [9.17, 15) is 4.79 Å². The van der Waals surface area contributed by atoms with Crippen LogP contribution in [0, 0.1) is 0 Å². The predicted molar refractivity (Wildman–Crippen MR) is 109 cm³/mol. The van der Waals surface area contributed by atoms with E-state index in [4.69, 9.17) is 0 Å². The number of carbonyl (C=O) groups excluding carboxylic acids is 1. The average molecular weight is 360 g/mol. The molecule has 3 aromatic rings. The molecule has 5 heteroatoms. The lowest BCUT2D eigenvalue weighted by atomic mass is 10.1. The summed E-state index contributed by atoms with van der Waals surface area (Å²) in [5.74, 6) is 0.616. The van der Waals surface area contributed by atoms with Gasteiger partial charge in [-0.25, -0.2) is 4.98 Å². The van der Waals surface area contributed by atoms with Crippen LogP contribution < -0.4 is 10.6 Å². The molecule has 138 valence electrons. The average Bonchev–Trinajstić information content (AvgIpc) is 2.97. The number of hydrogen-bond donors (Lipinski definition) is 2. The van der Waals surface area contributed by atoms with Gasteiger partial charge in [0.2, 0.25) is 0 Å². The second kappa shape index (κ2) is 8.16. The molecule has 0 spiro atoms. The van der Waals surface area contributed by atoms with E-state index < -0.39 is 0 Å². The molecule has 1 fully saturated rings. The lowest BCUT2D eigenvalue weighted by Crippen LogP contribution is -2.20. The molecule has 1 aromatic carbocycles. The predicted octanol–water partition coefficient (Wildman–Crippen LogP) is 5.02. The summed E-state index contributed by atoms with van der Waals surface area (Å²) in [6.45, 7) is 0. The first kappa shape index (κ1) is 17.5. The van der Waals surface area contributed by atoms with Gasteiger partial charge < -0.3 is 10.6 Å². The van der Waals surface area contributed by atoms with Crippen molar-refractivity contribution in [3.8, 4) is 0 Å². The molecule has 2 aromatic heterocycles. The summed E-state index contributed by atoms with van der Waals surface area (Å²) in [4.78, 5) is 21.6. The molecule has 1 aliphatic rings. The standard InChI is InChI=1S/C22H24N4O/c27-22(26-19-11-5-7-16-8-6-13-24-21(16)19)17-12-14-23-20(15-17)25-18-9-3-1-2-4-10-18/h5-8,11-15,18H,1-4,9-10H2,(H,23,25)(H,26,27). The number of hydrogen-bond acceptors (Lipinski definition) is 4. The van der Waals surface area contributed by atoms with Gasteiger partial charge in [-0.2, -0.15) is 0 Å². The van der Waals surface area contributed by atoms with Gasteiger partial charge in [-0.15, -0.1) is 0 Å². The molecule has 5 nitrogen and oxygen atoms in total. The van der Waals surface area contributed by atoms with Crippen LogP contribution in [-0.2, 0) is 0 Å². The quantitative estimate of drug-likeness (QED) is 0.641. The van der Waals surface area contributed by atoms with Gasteiger partial charge in [-0.05, 0) is 37.1 Å². The number of fused-ring (bicyclic) bond motifs is 1. The van der Waals surface area contributed by atoms with Gasteiger partial charge in [0, 0.05) is 29.4 Å². The van der Waals surface area contributed by atoms with Crippen molar-refractivity contribution in [3.63, 3.8) is 0 Å². The second-order valence-electron chi connectivity index (χ2n) is 7.10. The topological polar surface area (TPSA) is 66.9 Å². The minimum Gasteiger partial charge on any atom is -0.367 e. The van der Waals surface area contributed by atoms with Gasteiger partial charge in [0.05, 0.1) is 11.2 Å². The highest BCUT2D eigenvalue weighted by Crippen LogP contribution is 2.23. The molecule has 27 heavy (non-hydrogen) atoms. The number of carbonyl (C=O) groups is 1. The number of nitrogens with zero attached hydrogens (tertiary/aromatic N) is 2. The Bertz CT molecular complexity index is 927. The van der Waals surface area contributed by atoms with Crippen LogP contribution in [0.3, 0.4) is 0 Å². The number of nitrogens with one attached hydrogen (secondary N) is 2. The summed E-state index contributed by atoms with van der Waals surface area (Å²) in [7, 11) is 0. The summed E-state index contributed by atoms with van der Waals surface area (Å²) in [5, 5.41) is 7.49. The van der Waals surface area contributed by atoms with E-state index in [2.05, 4.69) is 20.6 Å². The van der Waals surface area contributed by atoms with E-state index in [-0.39, 0.29) is 5.91 Å². The Morgan fingerprint density at radius 1 is 0.926 bits per heavy atom. The van der Waals surface area contributed by atoms with E-state index >= 15 is 0 Å². The molecule has 2 heterocycles. The maximum Gasteiger partial charge on any atom is 0.255 e. The highest BCUT2D eigenvalue weighted by atomic mass is 16.1. The van der Waals surface area contributed by atoms with Gasteiger partial charge in [0.1, 0.15) is 5.82 Å². The molecule has 0 saturated heterocycles. The highest BCUT2D eigenvalue weighted by Gasteiger charge is 2.14. The molecular formula is C22H24N4O. The first-order valence-electron chi connectivity index (χ1n) is 9.67. The lowest BCUT2D eigenvalue weighted by Gasteiger charge is -2.17. The van der Waals surface area contributed by atoms with E-state index in [1.165, 1.54) is 38.5 Å². The van der Waals surface area contributed by atoms with Crippen LogP contribution in [0.1, 0.15) is 48.9 Å². The minimum atomic E-state index is -0.153. The van der Waals surface area contributed by atoms with Crippen LogP contribution in [0.5, 0.6) is 0 Å². The summed E-state index contributed by atoms with van der Waals surface area (Å²) in [6.07, 6.45) is 10.9. The van der Waals surface area contributed by atoms with Crippen molar-refractivity contribution < 1.29 is 4.79 Å². The van der Waals surface area contributed by atoms with E-state index in [0.29, 0.717) is 17.3 Å². The van der Waals surface area contributed by atoms with Gasteiger partial charge in [0.15, 0.2) is 0 Å². The number of para-hydroxylation sites is 1. The Balaban J connectivity index is 1.50.